The number of hydrogen-bond acceptors (Lipinski definition) is 3. The molecule has 0 N–H and O–H groups in total. The maximum atomic E-state index is 12.2. The maximum absolute atomic E-state index is 12.2. The summed E-state index contributed by atoms with van der Waals surface area (Å²) in [5.74, 6) is 0. The molecule has 0 aliphatic rings. The fourth-order valence-electron chi connectivity index (χ4n) is 2.46. The molecule has 3 nitrogen and oxygen atoms in total. The third-order valence-corrected chi connectivity index (χ3v) is 3.78. The molecule has 1 aromatic heterocycles. The van der Waals surface area contributed by atoms with Crippen LogP contribution in [0.3, 0.4) is 0 Å². The second-order valence-corrected chi connectivity index (χ2v) is 5.47. The van der Waals surface area contributed by atoms with Crippen LogP contribution in [0.2, 0.25) is 6.82 Å². The first-order valence-electron chi connectivity index (χ1n) is 7.23. The molecule has 109 valence electrons. The van der Waals surface area contributed by atoms with Crippen molar-refractivity contribution in [3.63, 3.8) is 0 Å². The maximum Gasteiger partial charge on any atom is 0.344 e. The lowest BCUT2D eigenvalue weighted by atomic mass is 9.73. The Morgan fingerprint density at radius 1 is 1.00 bits per heavy atom. The molecule has 3 aromatic rings. The summed E-state index contributed by atoms with van der Waals surface area (Å²) >= 11 is 0. The SMILES string of the molecule is C[B]c1ccc2oc(=O)c(-c3ccc(N(C)C)cc3)cc2c1. The molecule has 0 amide bonds. The highest BCUT2D eigenvalue weighted by atomic mass is 16.4. The van der Waals surface area contributed by atoms with E-state index >= 15 is 0 Å². The Morgan fingerprint density at radius 2 is 1.73 bits per heavy atom. The molecule has 0 aliphatic heterocycles. The van der Waals surface area contributed by atoms with E-state index < -0.39 is 0 Å². The minimum Gasteiger partial charge on any atom is -0.422 e. The van der Waals surface area contributed by atoms with Crippen LogP contribution in [0, 0.1) is 0 Å². The Hall–Kier alpha value is -2.49. The molecule has 3 rings (SSSR count). The van der Waals surface area contributed by atoms with E-state index in [2.05, 4.69) is 0 Å². The van der Waals surface area contributed by atoms with E-state index in [1.165, 1.54) is 0 Å². The standard InChI is InChI=1S/C18H17BNO2/c1-19-14-6-9-17-13(10-14)11-16(18(21)22-17)12-4-7-15(8-5-12)20(2)3/h4-11H,1-3H3. The monoisotopic (exact) mass is 290 g/mol. The summed E-state index contributed by atoms with van der Waals surface area (Å²) in [4.78, 5) is 14.2. The van der Waals surface area contributed by atoms with Gasteiger partial charge in [-0.3, -0.25) is 0 Å². The molecule has 1 radical (unpaired) electrons. The Kier molecular flexibility index (Phi) is 3.76. The van der Waals surface area contributed by atoms with Crippen LogP contribution >= 0.6 is 0 Å². The molecular formula is C18H17BNO2. The third-order valence-electron chi connectivity index (χ3n) is 3.78. The van der Waals surface area contributed by atoms with Gasteiger partial charge in [-0.25, -0.2) is 4.79 Å². The zero-order valence-corrected chi connectivity index (χ0v) is 13.0. The zero-order chi connectivity index (χ0) is 15.7. The molecule has 0 unspecified atom stereocenters. The smallest absolute Gasteiger partial charge is 0.344 e. The van der Waals surface area contributed by atoms with Crippen LogP contribution in [0.4, 0.5) is 5.69 Å². The second kappa shape index (κ2) is 5.72. The van der Waals surface area contributed by atoms with Gasteiger partial charge in [0.1, 0.15) is 12.9 Å². The van der Waals surface area contributed by atoms with Crippen LogP contribution in [-0.4, -0.2) is 21.4 Å². The first-order valence-corrected chi connectivity index (χ1v) is 7.23. The molecule has 0 atom stereocenters. The van der Waals surface area contributed by atoms with Crippen LogP contribution in [0.25, 0.3) is 22.1 Å². The predicted molar refractivity (Wildman–Crippen MR) is 93.5 cm³/mol. The summed E-state index contributed by atoms with van der Waals surface area (Å²) in [6.07, 6.45) is 0. The number of hydrogen-bond donors (Lipinski definition) is 0. The molecule has 0 aliphatic carbocycles. The Labute approximate surface area is 130 Å². The minimum absolute atomic E-state index is 0.307. The number of rotatable bonds is 3. The summed E-state index contributed by atoms with van der Waals surface area (Å²) < 4.78 is 5.44. The van der Waals surface area contributed by atoms with E-state index in [9.17, 15) is 4.79 Å². The first kappa shape index (κ1) is 14.5. The molecule has 0 spiro atoms. The molecule has 4 heteroatoms. The van der Waals surface area contributed by atoms with Crippen molar-refractivity contribution in [1.82, 2.24) is 0 Å². The van der Waals surface area contributed by atoms with Gasteiger partial charge in [0.05, 0.1) is 5.56 Å². The quantitative estimate of drug-likeness (QED) is 0.549. The van der Waals surface area contributed by atoms with Gasteiger partial charge in [0, 0.05) is 25.2 Å². The van der Waals surface area contributed by atoms with Crippen LogP contribution in [-0.2, 0) is 0 Å². The van der Waals surface area contributed by atoms with Crippen molar-refractivity contribution in [2.24, 2.45) is 0 Å². The molecule has 0 fully saturated rings. The molecule has 22 heavy (non-hydrogen) atoms. The summed E-state index contributed by atoms with van der Waals surface area (Å²) in [6.45, 7) is 1.99. The average Bonchev–Trinajstić information content (AvgIpc) is 2.54. The van der Waals surface area contributed by atoms with Crippen LogP contribution in [0.15, 0.2) is 57.7 Å². The van der Waals surface area contributed by atoms with Gasteiger partial charge in [-0.1, -0.05) is 36.6 Å². The zero-order valence-electron chi connectivity index (χ0n) is 13.0. The normalized spacial score (nSPS) is 10.7. The first-order chi connectivity index (χ1) is 10.6. The Balaban J connectivity index is 2.13. The summed E-state index contributed by atoms with van der Waals surface area (Å²) in [6, 6.07) is 15.6. The van der Waals surface area contributed by atoms with Crippen LogP contribution in [0.5, 0.6) is 0 Å². The van der Waals surface area contributed by atoms with Gasteiger partial charge in [0.2, 0.25) is 0 Å². The lowest BCUT2D eigenvalue weighted by molar-refractivity contribution is 0.563. The van der Waals surface area contributed by atoms with Gasteiger partial charge in [-0.2, -0.15) is 0 Å². The van der Waals surface area contributed by atoms with Gasteiger partial charge >= 0.3 is 5.63 Å². The van der Waals surface area contributed by atoms with E-state index in [0.717, 1.165) is 22.1 Å². The van der Waals surface area contributed by atoms with Crippen molar-refractivity contribution in [1.29, 1.82) is 0 Å². The lowest BCUT2D eigenvalue weighted by Gasteiger charge is -2.12. The van der Waals surface area contributed by atoms with Gasteiger partial charge in [-0.15, -0.1) is 0 Å². The van der Waals surface area contributed by atoms with Crippen molar-refractivity contribution < 1.29 is 4.42 Å². The third kappa shape index (κ3) is 2.64. The molecule has 0 bridgehead atoms. The van der Waals surface area contributed by atoms with Gasteiger partial charge < -0.3 is 9.32 Å². The molecule has 0 saturated carbocycles. The topological polar surface area (TPSA) is 33.5 Å². The molecule has 1 heterocycles. The number of fused-ring (bicyclic) bond motifs is 1. The van der Waals surface area contributed by atoms with Crippen molar-refractivity contribution in [2.75, 3.05) is 19.0 Å². The lowest BCUT2D eigenvalue weighted by Crippen LogP contribution is -2.10. The van der Waals surface area contributed by atoms with Gasteiger partial charge in [0.25, 0.3) is 0 Å². The average molecular weight is 290 g/mol. The highest BCUT2D eigenvalue weighted by molar-refractivity contribution is 6.52. The van der Waals surface area contributed by atoms with Gasteiger partial charge in [0.15, 0.2) is 0 Å². The van der Waals surface area contributed by atoms with E-state index in [0.29, 0.717) is 11.1 Å². The highest BCUT2D eigenvalue weighted by Gasteiger charge is 2.08. The number of nitrogens with zero attached hydrogens (tertiary/aromatic N) is 1. The summed E-state index contributed by atoms with van der Waals surface area (Å²) in [7, 11) is 6.00. The highest BCUT2D eigenvalue weighted by Crippen LogP contribution is 2.22. The summed E-state index contributed by atoms with van der Waals surface area (Å²) in [5, 5.41) is 0.932. The summed E-state index contributed by atoms with van der Waals surface area (Å²) in [5.41, 5.74) is 3.97. The fourth-order valence-corrected chi connectivity index (χ4v) is 2.46. The Morgan fingerprint density at radius 3 is 2.36 bits per heavy atom. The predicted octanol–water partition coefficient (Wildman–Crippen LogP) is 2.90. The van der Waals surface area contributed by atoms with Crippen molar-refractivity contribution in [3.05, 3.63) is 59.0 Å². The van der Waals surface area contributed by atoms with E-state index in [1.807, 2.05) is 81.6 Å². The van der Waals surface area contributed by atoms with Crippen LogP contribution in [0.1, 0.15) is 0 Å². The molecule has 0 saturated heterocycles. The van der Waals surface area contributed by atoms with E-state index in [4.69, 9.17) is 4.42 Å². The minimum atomic E-state index is -0.307. The van der Waals surface area contributed by atoms with Gasteiger partial charge in [-0.05, 0) is 29.8 Å². The number of anilines is 1. The van der Waals surface area contributed by atoms with E-state index in [-0.39, 0.29) is 5.63 Å². The van der Waals surface area contributed by atoms with Crippen molar-refractivity contribution >= 4 is 29.4 Å². The largest absolute Gasteiger partial charge is 0.422 e. The Bertz CT molecular complexity index is 866. The van der Waals surface area contributed by atoms with Crippen molar-refractivity contribution in [2.45, 2.75) is 6.82 Å². The van der Waals surface area contributed by atoms with E-state index in [1.54, 1.807) is 0 Å². The molecule has 2 aromatic carbocycles. The van der Waals surface area contributed by atoms with Crippen molar-refractivity contribution in [3.8, 4) is 11.1 Å². The fraction of sp³-hybridized carbons (Fsp3) is 0.167. The second-order valence-electron chi connectivity index (χ2n) is 5.47. The van der Waals surface area contributed by atoms with Crippen LogP contribution < -0.4 is 16.0 Å². The number of benzene rings is 2. The molecular weight excluding hydrogens is 273 g/mol.